The Morgan fingerprint density at radius 2 is 1.93 bits per heavy atom. The van der Waals surface area contributed by atoms with E-state index in [1.165, 1.54) is 12.8 Å². The highest BCUT2D eigenvalue weighted by Crippen LogP contribution is 2.28. The zero-order valence-electron chi connectivity index (χ0n) is 16.2. The number of carbonyl (C=O) groups is 1. The van der Waals surface area contributed by atoms with Gasteiger partial charge in [0.1, 0.15) is 0 Å². The van der Waals surface area contributed by atoms with Gasteiger partial charge in [0.25, 0.3) is 0 Å². The number of likely N-dealkylation sites (N-methyl/N-ethyl adjacent to an activating group) is 1. The van der Waals surface area contributed by atoms with Gasteiger partial charge in [-0.2, -0.15) is 15.0 Å². The number of hydrogen-bond donors (Lipinski definition) is 2. The van der Waals surface area contributed by atoms with Gasteiger partial charge in [-0.15, -0.1) is 0 Å². The highest BCUT2D eigenvalue weighted by molar-refractivity contribution is 5.69. The molecule has 0 amide bonds. The van der Waals surface area contributed by atoms with Crippen molar-refractivity contribution in [1.82, 2.24) is 19.9 Å². The summed E-state index contributed by atoms with van der Waals surface area (Å²) in [6.07, 6.45) is 6.56. The van der Waals surface area contributed by atoms with Gasteiger partial charge in [-0.3, -0.25) is 9.69 Å². The van der Waals surface area contributed by atoms with E-state index in [0.717, 1.165) is 45.3 Å². The third-order valence-corrected chi connectivity index (χ3v) is 5.38. The van der Waals surface area contributed by atoms with Crippen LogP contribution in [0.5, 0.6) is 6.01 Å². The third-order valence-electron chi connectivity index (χ3n) is 5.38. The van der Waals surface area contributed by atoms with Crippen molar-refractivity contribution in [2.24, 2.45) is 0 Å². The minimum atomic E-state index is -0.780. The van der Waals surface area contributed by atoms with Crippen molar-refractivity contribution in [2.45, 2.75) is 57.5 Å². The van der Waals surface area contributed by atoms with Crippen molar-refractivity contribution < 1.29 is 14.6 Å². The number of nitrogens with one attached hydrogen (secondary N) is 1. The molecule has 9 heteroatoms. The molecule has 150 valence electrons. The lowest BCUT2D eigenvalue weighted by Crippen LogP contribution is -2.51. The Bertz CT molecular complexity index is 630. The first-order valence-electron chi connectivity index (χ1n) is 9.86. The molecule has 0 bridgehead atoms. The van der Waals surface area contributed by atoms with Crippen LogP contribution < -0.4 is 15.0 Å². The number of anilines is 2. The number of ether oxygens (including phenoxy) is 1. The molecule has 1 aromatic rings. The monoisotopic (exact) mass is 378 g/mol. The van der Waals surface area contributed by atoms with E-state index in [-0.39, 0.29) is 18.6 Å². The van der Waals surface area contributed by atoms with E-state index in [0.29, 0.717) is 17.9 Å². The number of aliphatic carboxylic acids is 1. The van der Waals surface area contributed by atoms with Crippen LogP contribution in [0.3, 0.4) is 0 Å². The van der Waals surface area contributed by atoms with Gasteiger partial charge in [0.05, 0.1) is 13.7 Å². The second kappa shape index (κ2) is 9.16. The number of rotatable bonds is 8. The quantitative estimate of drug-likeness (QED) is 0.698. The zero-order chi connectivity index (χ0) is 19.2. The van der Waals surface area contributed by atoms with Gasteiger partial charge < -0.3 is 20.1 Å². The molecule has 1 saturated carbocycles. The normalized spacial score (nSPS) is 22.9. The molecule has 1 saturated heterocycles. The molecule has 0 spiro atoms. The topological polar surface area (TPSA) is 104 Å². The number of nitrogens with zero attached hydrogens (tertiary/aromatic N) is 5. The lowest BCUT2D eigenvalue weighted by molar-refractivity contribution is -0.139. The smallest absolute Gasteiger partial charge is 0.322 e. The van der Waals surface area contributed by atoms with Gasteiger partial charge in [-0.25, -0.2) is 0 Å². The first-order valence-corrected chi connectivity index (χ1v) is 9.86. The molecule has 0 unspecified atom stereocenters. The molecule has 1 aromatic heterocycles. The molecule has 3 rings (SSSR count). The van der Waals surface area contributed by atoms with Gasteiger partial charge in [0.15, 0.2) is 0 Å². The number of hydrogen-bond acceptors (Lipinski definition) is 8. The molecule has 0 radical (unpaired) electrons. The standard InChI is InChI=1S/C18H30N6O3/c1-3-23(12-15(25)26)14-10-13(11-14)19-16-20-17(22-18(21-16)27-2)24-8-6-4-5-7-9-24/h13-14H,3-12H2,1-2H3,(H,25,26)(H,19,20,21,22). The van der Waals surface area contributed by atoms with E-state index in [1.54, 1.807) is 7.11 Å². The maximum Gasteiger partial charge on any atom is 0.322 e. The highest BCUT2D eigenvalue weighted by atomic mass is 16.5. The van der Waals surface area contributed by atoms with Crippen molar-refractivity contribution in [3.63, 3.8) is 0 Å². The minimum absolute atomic E-state index is 0.0899. The second-order valence-corrected chi connectivity index (χ2v) is 7.27. The summed E-state index contributed by atoms with van der Waals surface area (Å²) in [5, 5.41) is 12.4. The summed E-state index contributed by atoms with van der Waals surface area (Å²) >= 11 is 0. The van der Waals surface area contributed by atoms with Crippen LogP contribution in [0.25, 0.3) is 0 Å². The molecule has 2 N–H and O–H groups in total. The number of carboxylic acid groups (broad SMARTS) is 1. The molecule has 2 fully saturated rings. The Labute approximate surface area is 160 Å². The van der Waals surface area contributed by atoms with Crippen LogP contribution in [-0.4, -0.2) is 76.3 Å². The van der Waals surface area contributed by atoms with Crippen molar-refractivity contribution in [2.75, 3.05) is 43.5 Å². The number of aromatic nitrogens is 3. The van der Waals surface area contributed by atoms with E-state index in [1.807, 2.05) is 11.8 Å². The zero-order valence-corrected chi connectivity index (χ0v) is 16.2. The molecule has 2 heterocycles. The molecule has 1 aliphatic carbocycles. The summed E-state index contributed by atoms with van der Waals surface area (Å²) in [5.41, 5.74) is 0. The summed E-state index contributed by atoms with van der Waals surface area (Å²) < 4.78 is 5.27. The van der Waals surface area contributed by atoms with Gasteiger partial charge in [0.2, 0.25) is 11.9 Å². The highest BCUT2D eigenvalue weighted by Gasteiger charge is 2.34. The molecular weight excluding hydrogens is 348 g/mol. The fourth-order valence-corrected chi connectivity index (χ4v) is 3.77. The van der Waals surface area contributed by atoms with E-state index >= 15 is 0 Å². The Hall–Kier alpha value is -2.16. The van der Waals surface area contributed by atoms with Crippen molar-refractivity contribution in [3.8, 4) is 6.01 Å². The summed E-state index contributed by atoms with van der Waals surface area (Å²) in [7, 11) is 1.57. The SMILES string of the molecule is CCN(CC(=O)O)C1CC(Nc2nc(OC)nc(N3CCCCCC3)n2)C1. The first-order chi connectivity index (χ1) is 13.1. The van der Waals surface area contributed by atoms with Crippen molar-refractivity contribution >= 4 is 17.9 Å². The Morgan fingerprint density at radius 1 is 1.22 bits per heavy atom. The Balaban J connectivity index is 1.62. The fourth-order valence-electron chi connectivity index (χ4n) is 3.77. The predicted molar refractivity (Wildman–Crippen MR) is 102 cm³/mol. The predicted octanol–water partition coefficient (Wildman–Crippen LogP) is 1.61. The molecule has 9 nitrogen and oxygen atoms in total. The number of carboxylic acids is 1. The molecule has 0 atom stereocenters. The average Bonchev–Trinajstić information content (AvgIpc) is 2.91. The van der Waals surface area contributed by atoms with E-state index in [2.05, 4.69) is 25.2 Å². The average molecular weight is 378 g/mol. The van der Waals surface area contributed by atoms with Crippen LogP contribution in [0.15, 0.2) is 0 Å². The van der Waals surface area contributed by atoms with Crippen molar-refractivity contribution in [1.29, 1.82) is 0 Å². The summed E-state index contributed by atoms with van der Waals surface area (Å²) in [6.45, 7) is 4.74. The summed E-state index contributed by atoms with van der Waals surface area (Å²) in [4.78, 5) is 28.5. The molecule has 27 heavy (non-hydrogen) atoms. The van der Waals surface area contributed by atoms with Crippen molar-refractivity contribution in [3.05, 3.63) is 0 Å². The minimum Gasteiger partial charge on any atom is -0.480 e. The van der Waals surface area contributed by atoms with Crippen LogP contribution in [-0.2, 0) is 4.79 Å². The third kappa shape index (κ3) is 5.18. The molecular formula is C18H30N6O3. The van der Waals surface area contributed by atoms with Crippen LogP contribution in [0.1, 0.15) is 45.4 Å². The number of methoxy groups -OCH3 is 1. The van der Waals surface area contributed by atoms with Crippen LogP contribution in [0, 0.1) is 0 Å². The summed E-state index contributed by atoms with van der Waals surface area (Å²) in [6, 6.07) is 0.850. The Morgan fingerprint density at radius 3 is 2.52 bits per heavy atom. The van der Waals surface area contributed by atoms with Gasteiger partial charge in [-0.1, -0.05) is 19.8 Å². The maximum absolute atomic E-state index is 11.0. The van der Waals surface area contributed by atoms with Crippen LogP contribution >= 0.6 is 0 Å². The second-order valence-electron chi connectivity index (χ2n) is 7.27. The van der Waals surface area contributed by atoms with E-state index in [4.69, 9.17) is 9.84 Å². The first kappa shape index (κ1) is 19.6. The fraction of sp³-hybridized carbons (Fsp3) is 0.778. The van der Waals surface area contributed by atoms with Gasteiger partial charge in [-0.05, 0) is 32.2 Å². The largest absolute Gasteiger partial charge is 0.480 e. The maximum atomic E-state index is 11.0. The lowest BCUT2D eigenvalue weighted by Gasteiger charge is -2.42. The van der Waals surface area contributed by atoms with Crippen LogP contribution in [0.2, 0.25) is 0 Å². The van der Waals surface area contributed by atoms with E-state index < -0.39 is 5.97 Å². The molecule has 1 aliphatic heterocycles. The van der Waals surface area contributed by atoms with Gasteiger partial charge >= 0.3 is 12.0 Å². The summed E-state index contributed by atoms with van der Waals surface area (Å²) in [5.74, 6) is 0.423. The van der Waals surface area contributed by atoms with E-state index in [9.17, 15) is 4.79 Å². The van der Waals surface area contributed by atoms with Gasteiger partial charge in [0, 0.05) is 25.2 Å². The lowest BCUT2D eigenvalue weighted by atomic mass is 9.85. The Kier molecular flexibility index (Phi) is 6.65. The molecule has 0 aromatic carbocycles. The molecule has 2 aliphatic rings. The van der Waals surface area contributed by atoms with Crippen LogP contribution in [0.4, 0.5) is 11.9 Å².